The number of morpholine rings is 1. The minimum absolute atomic E-state index is 0.166. The second-order valence-electron chi connectivity index (χ2n) is 3.63. The number of carbonyl (C=O) groups excluding carboxylic acids is 3. The van der Waals surface area contributed by atoms with Crippen LogP contribution in [0, 0.1) is 0 Å². The Morgan fingerprint density at radius 3 is 2.33 bits per heavy atom. The molecule has 1 aliphatic heterocycles. The van der Waals surface area contributed by atoms with Crippen molar-refractivity contribution in [3.8, 4) is 0 Å². The average molecular weight is 288 g/mol. The Balaban J connectivity index is 2.25. The second-order valence-corrected chi connectivity index (χ2v) is 4.48. The van der Waals surface area contributed by atoms with Crippen molar-refractivity contribution in [2.45, 2.75) is 0 Å². The molecule has 18 heavy (non-hydrogen) atoms. The molecule has 1 saturated heterocycles. The molecule has 0 N–H and O–H groups in total. The fourth-order valence-electron chi connectivity index (χ4n) is 1.54. The number of cyclic esters (lactones) is 2. The van der Waals surface area contributed by atoms with Crippen molar-refractivity contribution in [3.05, 3.63) is 33.8 Å². The van der Waals surface area contributed by atoms with E-state index in [-0.39, 0.29) is 23.7 Å². The van der Waals surface area contributed by atoms with Gasteiger partial charge >= 0.3 is 11.9 Å². The van der Waals surface area contributed by atoms with E-state index >= 15 is 0 Å². The Kier molecular flexibility index (Phi) is 3.54. The van der Waals surface area contributed by atoms with Gasteiger partial charge in [-0.1, -0.05) is 23.2 Å². The predicted octanol–water partition coefficient (Wildman–Crippen LogP) is 1.52. The number of esters is 2. The first-order valence-corrected chi connectivity index (χ1v) is 5.71. The molecule has 1 amide bonds. The van der Waals surface area contributed by atoms with E-state index in [0.29, 0.717) is 5.02 Å². The van der Waals surface area contributed by atoms with Crippen LogP contribution in [-0.2, 0) is 14.3 Å². The van der Waals surface area contributed by atoms with Gasteiger partial charge in [-0.2, -0.15) is 0 Å². The van der Waals surface area contributed by atoms with E-state index in [0.717, 1.165) is 4.90 Å². The van der Waals surface area contributed by atoms with Crippen LogP contribution in [0.25, 0.3) is 0 Å². The molecule has 0 bridgehead atoms. The molecule has 0 radical (unpaired) electrons. The maximum absolute atomic E-state index is 12.1. The van der Waals surface area contributed by atoms with E-state index in [1.807, 2.05) is 0 Å². The summed E-state index contributed by atoms with van der Waals surface area (Å²) in [5.74, 6) is -2.03. The topological polar surface area (TPSA) is 63.7 Å². The van der Waals surface area contributed by atoms with E-state index in [4.69, 9.17) is 23.2 Å². The maximum atomic E-state index is 12.1. The van der Waals surface area contributed by atoms with Gasteiger partial charge in [0, 0.05) is 5.02 Å². The Hall–Kier alpha value is -1.59. The van der Waals surface area contributed by atoms with Gasteiger partial charge < -0.3 is 9.64 Å². The molecule has 0 saturated carbocycles. The predicted molar refractivity (Wildman–Crippen MR) is 63.5 cm³/mol. The lowest BCUT2D eigenvalue weighted by atomic mass is 10.2. The van der Waals surface area contributed by atoms with Crippen LogP contribution in [-0.4, -0.2) is 35.8 Å². The van der Waals surface area contributed by atoms with Crippen molar-refractivity contribution in [2.24, 2.45) is 0 Å². The molecule has 0 unspecified atom stereocenters. The van der Waals surface area contributed by atoms with Crippen molar-refractivity contribution in [1.29, 1.82) is 0 Å². The minimum atomic E-state index is -0.760. The summed E-state index contributed by atoms with van der Waals surface area (Å²) in [6.45, 7) is -0.549. The van der Waals surface area contributed by atoms with Crippen LogP contribution in [0.5, 0.6) is 0 Å². The van der Waals surface area contributed by atoms with E-state index < -0.39 is 17.8 Å². The first-order chi connectivity index (χ1) is 8.47. The normalized spacial score (nSPS) is 15.6. The standard InChI is InChI=1S/C11H7Cl2NO4/c12-6-1-2-7(8(13)3-6)11(17)14-4-9(15)18-10(16)5-14/h1-3H,4-5H2. The lowest BCUT2D eigenvalue weighted by Gasteiger charge is -2.24. The Labute approximate surface area is 112 Å². The number of carbonyl (C=O) groups is 3. The van der Waals surface area contributed by atoms with Gasteiger partial charge in [0.1, 0.15) is 13.1 Å². The Bertz CT molecular complexity index is 528. The molecular weight excluding hydrogens is 281 g/mol. The summed E-state index contributed by atoms with van der Waals surface area (Å²) in [4.78, 5) is 35.3. The third-order valence-corrected chi connectivity index (χ3v) is 2.86. The number of nitrogens with zero attached hydrogens (tertiary/aromatic N) is 1. The lowest BCUT2D eigenvalue weighted by molar-refractivity contribution is -0.165. The molecule has 94 valence electrons. The average Bonchev–Trinajstić information content (AvgIpc) is 2.26. The summed E-state index contributed by atoms with van der Waals surface area (Å²) in [6, 6.07) is 4.36. The second kappa shape index (κ2) is 4.96. The number of benzene rings is 1. The van der Waals surface area contributed by atoms with Gasteiger partial charge in [0.15, 0.2) is 0 Å². The zero-order chi connectivity index (χ0) is 13.3. The molecule has 1 fully saturated rings. The number of hydrogen-bond acceptors (Lipinski definition) is 4. The summed E-state index contributed by atoms with van der Waals surface area (Å²) in [5, 5.41) is 0.560. The molecule has 0 spiro atoms. The van der Waals surface area contributed by atoms with Crippen molar-refractivity contribution in [3.63, 3.8) is 0 Å². The summed E-state index contributed by atoms with van der Waals surface area (Å²) in [5.41, 5.74) is 0.184. The highest BCUT2D eigenvalue weighted by molar-refractivity contribution is 6.36. The summed E-state index contributed by atoms with van der Waals surface area (Å²) in [7, 11) is 0. The van der Waals surface area contributed by atoms with Crippen molar-refractivity contribution in [2.75, 3.05) is 13.1 Å². The van der Waals surface area contributed by atoms with Crippen LogP contribution in [0.15, 0.2) is 18.2 Å². The lowest BCUT2D eigenvalue weighted by Crippen LogP contribution is -2.46. The number of amides is 1. The van der Waals surface area contributed by atoms with Crippen LogP contribution in [0.3, 0.4) is 0 Å². The largest absolute Gasteiger partial charge is 0.390 e. The summed E-state index contributed by atoms with van der Waals surface area (Å²) in [6.07, 6.45) is 0. The van der Waals surface area contributed by atoms with Crippen LogP contribution in [0.4, 0.5) is 0 Å². The van der Waals surface area contributed by atoms with Crippen molar-refractivity contribution >= 4 is 41.0 Å². The summed E-state index contributed by atoms with van der Waals surface area (Å²) < 4.78 is 4.33. The Morgan fingerprint density at radius 1 is 1.17 bits per heavy atom. The quantitative estimate of drug-likeness (QED) is 0.580. The smallest absolute Gasteiger partial charge is 0.333 e. The fraction of sp³-hybridized carbons (Fsp3) is 0.182. The molecule has 2 rings (SSSR count). The van der Waals surface area contributed by atoms with Crippen LogP contribution < -0.4 is 0 Å². The molecule has 0 aromatic heterocycles. The zero-order valence-electron chi connectivity index (χ0n) is 8.98. The SMILES string of the molecule is O=C1CN(C(=O)c2ccc(Cl)cc2Cl)CC(=O)O1. The Morgan fingerprint density at radius 2 is 1.78 bits per heavy atom. The molecular formula is C11H7Cl2NO4. The van der Waals surface area contributed by atoms with Crippen LogP contribution in [0.1, 0.15) is 10.4 Å². The maximum Gasteiger partial charge on any atom is 0.333 e. The van der Waals surface area contributed by atoms with Crippen LogP contribution in [0.2, 0.25) is 10.0 Å². The van der Waals surface area contributed by atoms with Gasteiger partial charge in [0.2, 0.25) is 0 Å². The fourth-order valence-corrected chi connectivity index (χ4v) is 2.03. The van der Waals surface area contributed by atoms with Gasteiger partial charge in [-0.25, -0.2) is 9.59 Å². The zero-order valence-corrected chi connectivity index (χ0v) is 10.5. The summed E-state index contributed by atoms with van der Waals surface area (Å²) >= 11 is 11.6. The van der Waals surface area contributed by atoms with Gasteiger partial charge in [0.25, 0.3) is 5.91 Å². The molecule has 1 heterocycles. The molecule has 0 atom stereocenters. The van der Waals surface area contributed by atoms with Gasteiger partial charge in [-0.15, -0.1) is 0 Å². The molecule has 5 nitrogen and oxygen atoms in total. The van der Waals surface area contributed by atoms with E-state index in [2.05, 4.69) is 4.74 Å². The van der Waals surface area contributed by atoms with Gasteiger partial charge in [-0.3, -0.25) is 4.79 Å². The highest BCUT2D eigenvalue weighted by Crippen LogP contribution is 2.22. The molecule has 1 aliphatic rings. The first kappa shape index (κ1) is 12.9. The number of rotatable bonds is 1. The first-order valence-electron chi connectivity index (χ1n) is 4.95. The number of ether oxygens (including phenoxy) is 1. The molecule has 0 aliphatic carbocycles. The van der Waals surface area contributed by atoms with E-state index in [9.17, 15) is 14.4 Å². The third kappa shape index (κ3) is 2.63. The number of halogens is 2. The van der Waals surface area contributed by atoms with E-state index in [1.54, 1.807) is 0 Å². The van der Waals surface area contributed by atoms with Gasteiger partial charge in [-0.05, 0) is 18.2 Å². The highest BCUT2D eigenvalue weighted by Gasteiger charge is 2.29. The van der Waals surface area contributed by atoms with Crippen LogP contribution >= 0.6 is 23.2 Å². The van der Waals surface area contributed by atoms with E-state index in [1.165, 1.54) is 18.2 Å². The van der Waals surface area contributed by atoms with Gasteiger partial charge in [0.05, 0.1) is 10.6 Å². The third-order valence-electron chi connectivity index (χ3n) is 2.32. The molecule has 1 aromatic rings. The monoisotopic (exact) mass is 287 g/mol. The highest BCUT2D eigenvalue weighted by atomic mass is 35.5. The van der Waals surface area contributed by atoms with Crippen molar-refractivity contribution in [1.82, 2.24) is 4.90 Å². The molecule has 1 aromatic carbocycles. The molecule has 7 heteroatoms. The minimum Gasteiger partial charge on any atom is -0.390 e. The number of hydrogen-bond donors (Lipinski definition) is 0. The van der Waals surface area contributed by atoms with Crippen molar-refractivity contribution < 1.29 is 19.1 Å².